The van der Waals surface area contributed by atoms with Gasteiger partial charge in [0.15, 0.2) is 0 Å². The van der Waals surface area contributed by atoms with Gasteiger partial charge in [-0.05, 0) is 38.0 Å². The average molecular weight is 285 g/mol. The highest BCUT2D eigenvalue weighted by atomic mass is 16.4. The van der Waals surface area contributed by atoms with E-state index in [2.05, 4.69) is 10.6 Å². The highest BCUT2D eigenvalue weighted by Gasteiger charge is 2.49. The minimum atomic E-state index is -1.29. The smallest absolute Gasteiger partial charge is 0.329 e. The van der Waals surface area contributed by atoms with Crippen LogP contribution in [0.25, 0.3) is 0 Å². The molecule has 7 nitrogen and oxygen atoms in total. The lowest BCUT2D eigenvalue weighted by Crippen LogP contribution is -2.59. The van der Waals surface area contributed by atoms with E-state index in [0.717, 1.165) is 12.8 Å². The fourth-order valence-electron chi connectivity index (χ4n) is 2.21. The molecule has 114 valence electrons. The number of hydrogen-bond acceptors (Lipinski definition) is 3. The Bertz CT molecular complexity index is 406. The molecule has 1 fully saturated rings. The summed E-state index contributed by atoms with van der Waals surface area (Å²) in [7, 11) is 0. The molecule has 20 heavy (non-hydrogen) atoms. The summed E-state index contributed by atoms with van der Waals surface area (Å²) >= 11 is 0. The number of aliphatic carboxylic acids is 1. The van der Waals surface area contributed by atoms with E-state index in [-0.39, 0.29) is 11.8 Å². The van der Waals surface area contributed by atoms with Gasteiger partial charge in [0.2, 0.25) is 5.91 Å². The van der Waals surface area contributed by atoms with E-state index in [0.29, 0.717) is 6.42 Å². The molecular weight excluding hydrogens is 262 g/mol. The van der Waals surface area contributed by atoms with Crippen molar-refractivity contribution >= 4 is 17.9 Å². The number of carboxylic acids is 1. The summed E-state index contributed by atoms with van der Waals surface area (Å²) < 4.78 is 0. The molecule has 0 aromatic carbocycles. The van der Waals surface area contributed by atoms with Crippen LogP contribution in [0.2, 0.25) is 0 Å². The first-order chi connectivity index (χ1) is 9.16. The quantitative estimate of drug-likeness (QED) is 0.542. The van der Waals surface area contributed by atoms with Gasteiger partial charge < -0.3 is 21.5 Å². The largest absolute Gasteiger partial charge is 0.480 e. The first-order valence-electron chi connectivity index (χ1n) is 6.78. The average Bonchev–Trinajstić information content (AvgIpc) is 3.10. The number of amides is 3. The molecule has 2 unspecified atom stereocenters. The van der Waals surface area contributed by atoms with Crippen LogP contribution in [0, 0.1) is 11.8 Å². The first-order valence-corrected chi connectivity index (χ1v) is 6.78. The zero-order chi connectivity index (χ0) is 15.5. The van der Waals surface area contributed by atoms with Gasteiger partial charge in [-0.2, -0.15) is 0 Å². The summed E-state index contributed by atoms with van der Waals surface area (Å²) in [5.74, 6) is -1.46. The van der Waals surface area contributed by atoms with Crippen LogP contribution in [0.1, 0.15) is 40.0 Å². The Hall–Kier alpha value is -1.79. The van der Waals surface area contributed by atoms with Gasteiger partial charge in [0.25, 0.3) is 0 Å². The Balaban J connectivity index is 2.78. The summed E-state index contributed by atoms with van der Waals surface area (Å²) in [5.41, 5.74) is 3.77. The van der Waals surface area contributed by atoms with Crippen LogP contribution in [-0.4, -0.2) is 34.6 Å². The topological polar surface area (TPSA) is 122 Å². The van der Waals surface area contributed by atoms with Crippen LogP contribution in [0.15, 0.2) is 0 Å². The Morgan fingerprint density at radius 3 is 2.25 bits per heavy atom. The molecule has 1 rings (SSSR count). The molecule has 2 atom stereocenters. The normalized spacial score (nSPS) is 19.0. The zero-order valence-electron chi connectivity index (χ0n) is 12.1. The Morgan fingerprint density at radius 2 is 1.90 bits per heavy atom. The molecule has 1 aliphatic rings. The molecule has 5 N–H and O–H groups in total. The van der Waals surface area contributed by atoms with Crippen molar-refractivity contribution in [3.05, 3.63) is 0 Å². The summed E-state index contributed by atoms with van der Waals surface area (Å²) in [6.45, 7) is 5.31. The highest BCUT2D eigenvalue weighted by Crippen LogP contribution is 2.39. The Labute approximate surface area is 118 Å². The molecular formula is C13H23N3O4. The number of carbonyl (C=O) groups excluding carboxylic acids is 2. The molecule has 7 heteroatoms. The van der Waals surface area contributed by atoms with Crippen molar-refractivity contribution in [1.29, 1.82) is 0 Å². The van der Waals surface area contributed by atoms with Gasteiger partial charge in [0.05, 0.1) is 0 Å². The third kappa shape index (κ3) is 4.11. The number of hydrogen-bond donors (Lipinski definition) is 4. The molecule has 3 amide bonds. The van der Waals surface area contributed by atoms with Gasteiger partial charge in [-0.1, -0.05) is 13.8 Å². The molecule has 0 heterocycles. The minimum absolute atomic E-state index is 0.0581. The minimum Gasteiger partial charge on any atom is -0.480 e. The second-order valence-electron chi connectivity index (χ2n) is 5.96. The number of carboxylic acid groups (broad SMARTS) is 1. The SMILES string of the molecule is CC(C)CC(NC(N)=O)C(=O)NC(C)(C(=O)O)C1CC1. The maximum absolute atomic E-state index is 12.2. The lowest BCUT2D eigenvalue weighted by molar-refractivity contribution is -0.148. The van der Waals surface area contributed by atoms with Gasteiger partial charge in [-0.15, -0.1) is 0 Å². The van der Waals surface area contributed by atoms with E-state index in [1.807, 2.05) is 13.8 Å². The van der Waals surface area contributed by atoms with Crippen LogP contribution in [-0.2, 0) is 9.59 Å². The molecule has 1 aliphatic carbocycles. The third-order valence-electron chi connectivity index (χ3n) is 3.56. The summed E-state index contributed by atoms with van der Waals surface area (Å²) in [4.78, 5) is 34.6. The van der Waals surface area contributed by atoms with E-state index in [1.54, 1.807) is 0 Å². The second kappa shape index (κ2) is 6.11. The van der Waals surface area contributed by atoms with Gasteiger partial charge in [-0.25, -0.2) is 9.59 Å². The van der Waals surface area contributed by atoms with Crippen molar-refractivity contribution < 1.29 is 19.5 Å². The van der Waals surface area contributed by atoms with Crippen molar-refractivity contribution in [1.82, 2.24) is 10.6 Å². The molecule has 0 aromatic rings. The molecule has 0 aromatic heterocycles. The number of primary amides is 1. The van der Waals surface area contributed by atoms with Crippen LogP contribution in [0.5, 0.6) is 0 Å². The fourth-order valence-corrected chi connectivity index (χ4v) is 2.21. The maximum Gasteiger partial charge on any atom is 0.329 e. The molecule has 0 saturated heterocycles. The highest BCUT2D eigenvalue weighted by molar-refractivity contribution is 5.91. The standard InChI is InChI=1S/C13H23N3O4/c1-7(2)6-9(15-12(14)20)10(17)16-13(3,11(18)19)8-4-5-8/h7-9H,4-6H2,1-3H3,(H,16,17)(H,18,19)(H3,14,15,20). The van der Waals surface area contributed by atoms with Crippen LogP contribution < -0.4 is 16.4 Å². The van der Waals surface area contributed by atoms with Gasteiger partial charge in [0, 0.05) is 0 Å². The summed E-state index contributed by atoms with van der Waals surface area (Å²) in [6, 6.07) is -1.61. The second-order valence-corrected chi connectivity index (χ2v) is 5.96. The molecule has 0 radical (unpaired) electrons. The predicted molar refractivity (Wildman–Crippen MR) is 72.9 cm³/mol. The van der Waals surface area contributed by atoms with Gasteiger partial charge in [-0.3, -0.25) is 4.79 Å². The van der Waals surface area contributed by atoms with Crippen LogP contribution in [0.3, 0.4) is 0 Å². The van der Waals surface area contributed by atoms with E-state index in [9.17, 15) is 19.5 Å². The maximum atomic E-state index is 12.2. The number of nitrogens with two attached hydrogens (primary N) is 1. The van der Waals surface area contributed by atoms with Crippen LogP contribution in [0.4, 0.5) is 4.79 Å². The number of carbonyl (C=O) groups is 3. The van der Waals surface area contributed by atoms with E-state index >= 15 is 0 Å². The van der Waals surface area contributed by atoms with Crippen molar-refractivity contribution in [3.8, 4) is 0 Å². The van der Waals surface area contributed by atoms with Crippen molar-refractivity contribution in [3.63, 3.8) is 0 Å². The molecule has 1 saturated carbocycles. The number of urea groups is 1. The van der Waals surface area contributed by atoms with E-state index in [1.165, 1.54) is 6.92 Å². The van der Waals surface area contributed by atoms with Crippen molar-refractivity contribution in [2.45, 2.75) is 51.6 Å². The van der Waals surface area contributed by atoms with Gasteiger partial charge in [0.1, 0.15) is 11.6 Å². The fraction of sp³-hybridized carbons (Fsp3) is 0.769. The first kappa shape index (κ1) is 16.3. The van der Waals surface area contributed by atoms with Crippen molar-refractivity contribution in [2.75, 3.05) is 0 Å². The number of nitrogens with one attached hydrogen (secondary N) is 2. The third-order valence-corrected chi connectivity index (χ3v) is 3.56. The lowest BCUT2D eigenvalue weighted by atomic mass is 9.94. The predicted octanol–water partition coefficient (Wildman–Crippen LogP) is 0.439. The lowest BCUT2D eigenvalue weighted by Gasteiger charge is -2.29. The van der Waals surface area contributed by atoms with E-state index in [4.69, 9.17) is 5.73 Å². The summed E-state index contributed by atoms with van der Waals surface area (Å²) in [5, 5.41) is 14.2. The molecule has 0 aliphatic heterocycles. The Morgan fingerprint density at radius 1 is 1.35 bits per heavy atom. The molecule has 0 spiro atoms. The van der Waals surface area contributed by atoms with Crippen molar-refractivity contribution in [2.24, 2.45) is 17.6 Å². The summed E-state index contributed by atoms with van der Waals surface area (Å²) in [6.07, 6.45) is 1.96. The Kier molecular flexibility index (Phi) is 4.97. The van der Waals surface area contributed by atoms with E-state index < -0.39 is 29.5 Å². The van der Waals surface area contributed by atoms with Crippen LogP contribution >= 0.6 is 0 Å². The molecule has 0 bridgehead atoms. The monoisotopic (exact) mass is 285 g/mol. The number of rotatable bonds is 7. The van der Waals surface area contributed by atoms with Gasteiger partial charge >= 0.3 is 12.0 Å². The zero-order valence-corrected chi connectivity index (χ0v) is 12.1.